The second-order valence-electron chi connectivity index (χ2n) is 5.78. The smallest absolute Gasteiger partial charge is 0.102 e. The number of anilines is 1. The molecule has 21 heavy (non-hydrogen) atoms. The molecule has 1 aliphatic rings. The van der Waals surface area contributed by atoms with E-state index in [0.29, 0.717) is 5.92 Å². The van der Waals surface area contributed by atoms with Crippen molar-refractivity contribution < 1.29 is 0 Å². The molecule has 0 aliphatic heterocycles. The van der Waals surface area contributed by atoms with Crippen LogP contribution >= 0.6 is 0 Å². The van der Waals surface area contributed by atoms with E-state index in [9.17, 15) is 5.26 Å². The van der Waals surface area contributed by atoms with Gasteiger partial charge >= 0.3 is 0 Å². The van der Waals surface area contributed by atoms with Crippen molar-refractivity contribution in [1.82, 2.24) is 0 Å². The first-order valence-corrected chi connectivity index (χ1v) is 7.61. The lowest BCUT2D eigenvalue weighted by molar-refractivity contribution is 0.571. The molecule has 1 unspecified atom stereocenters. The molecule has 0 saturated heterocycles. The van der Waals surface area contributed by atoms with E-state index in [1.54, 1.807) is 0 Å². The number of hydrogen-bond donors (Lipinski definition) is 1. The molecular weight excluding hydrogens is 256 g/mol. The topological polar surface area (TPSA) is 35.8 Å². The van der Waals surface area contributed by atoms with Crippen molar-refractivity contribution in [2.24, 2.45) is 0 Å². The predicted molar refractivity (Wildman–Crippen MR) is 86.5 cm³/mol. The normalized spacial score (nSPS) is 16.9. The summed E-state index contributed by atoms with van der Waals surface area (Å²) in [6, 6.07) is 17.1. The molecule has 2 aromatic rings. The number of hydrogen-bond acceptors (Lipinski definition) is 2. The van der Waals surface area contributed by atoms with Crippen molar-refractivity contribution in [2.75, 3.05) is 11.9 Å². The predicted octanol–water partition coefficient (Wildman–Crippen LogP) is 4.40. The van der Waals surface area contributed by atoms with Crippen LogP contribution < -0.4 is 5.32 Å². The Hall–Kier alpha value is -2.27. The minimum Gasteiger partial charge on any atom is -0.383 e. The highest BCUT2D eigenvalue weighted by Gasteiger charge is 2.19. The summed E-state index contributed by atoms with van der Waals surface area (Å²) in [5, 5.41) is 12.8. The molecule has 0 bridgehead atoms. The second kappa shape index (κ2) is 6.01. The van der Waals surface area contributed by atoms with E-state index in [4.69, 9.17) is 0 Å². The number of nitrogens with zero attached hydrogens (tertiary/aromatic N) is 1. The molecule has 0 radical (unpaired) electrons. The first kappa shape index (κ1) is 13.7. The van der Waals surface area contributed by atoms with Crippen LogP contribution in [0.1, 0.15) is 41.0 Å². The summed E-state index contributed by atoms with van der Waals surface area (Å²) in [6.45, 7) is 2.88. The van der Waals surface area contributed by atoms with Gasteiger partial charge in [0.2, 0.25) is 0 Å². The Bertz CT molecular complexity index is 682. The lowest BCUT2D eigenvalue weighted by Gasteiger charge is -2.26. The molecule has 2 aromatic carbocycles. The van der Waals surface area contributed by atoms with Crippen LogP contribution in [0.4, 0.5) is 5.69 Å². The maximum absolute atomic E-state index is 9.30. The number of benzene rings is 2. The highest BCUT2D eigenvalue weighted by atomic mass is 14.9. The Kier molecular flexibility index (Phi) is 3.92. The van der Waals surface area contributed by atoms with Gasteiger partial charge in [0.1, 0.15) is 6.07 Å². The van der Waals surface area contributed by atoms with Gasteiger partial charge in [-0.1, -0.05) is 36.4 Å². The molecule has 0 aromatic heterocycles. The average Bonchev–Trinajstić information content (AvgIpc) is 2.53. The molecule has 2 heteroatoms. The minimum absolute atomic E-state index is 0.544. The molecule has 3 rings (SSSR count). The van der Waals surface area contributed by atoms with Gasteiger partial charge in [-0.2, -0.15) is 5.26 Å². The van der Waals surface area contributed by atoms with Crippen LogP contribution in [0.25, 0.3) is 0 Å². The standard InChI is InChI=1S/C19H20N2/c1-14-6-4-11-19(18(14)12-20)21-13-16-9-5-8-15-7-2-3-10-17(15)16/h2-4,6-7,10-11,16,21H,5,8-9,13H2,1H3. The molecule has 0 saturated carbocycles. The van der Waals surface area contributed by atoms with E-state index in [1.165, 1.54) is 30.4 Å². The maximum Gasteiger partial charge on any atom is 0.102 e. The molecule has 106 valence electrons. The summed E-state index contributed by atoms with van der Waals surface area (Å²) in [6.07, 6.45) is 3.67. The van der Waals surface area contributed by atoms with Gasteiger partial charge in [0.05, 0.1) is 11.3 Å². The Balaban J connectivity index is 1.78. The van der Waals surface area contributed by atoms with Gasteiger partial charge in [0, 0.05) is 12.5 Å². The first-order chi connectivity index (χ1) is 10.3. The average molecular weight is 276 g/mol. The van der Waals surface area contributed by atoms with Crippen LogP contribution in [0.15, 0.2) is 42.5 Å². The van der Waals surface area contributed by atoms with Gasteiger partial charge < -0.3 is 5.32 Å². The van der Waals surface area contributed by atoms with Gasteiger partial charge in [-0.25, -0.2) is 0 Å². The van der Waals surface area contributed by atoms with E-state index >= 15 is 0 Å². The first-order valence-electron chi connectivity index (χ1n) is 7.61. The largest absolute Gasteiger partial charge is 0.383 e. The Morgan fingerprint density at radius 2 is 2.05 bits per heavy atom. The summed E-state index contributed by atoms with van der Waals surface area (Å²) in [5.74, 6) is 0.544. The zero-order chi connectivity index (χ0) is 14.7. The summed E-state index contributed by atoms with van der Waals surface area (Å²) < 4.78 is 0. The zero-order valence-corrected chi connectivity index (χ0v) is 12.4. The molecule has 0 heterocycles. The zero-order valence-electron chi connectivity index (χ0n) is 12.4. The van der Waals surface area contributed by atoms with Crippen molar-refractivity contribution in [2.45, 2.75) is 32.1 Å². The fourth-order valence-electron chi connectivity index (χ4n) is 3.26. The van der Waals surface area contributed by atoms with Crippen molar-refractivity contribution in [3.05, 3.63) is 64.7 Å². The number of aryl methyl sites for hydroxylation is 2. The fraction of sp³-hybridized carbons (Fsp3) is 0.316. The molecule has 1 atom stereocenters. The molecule has 0 spiro atoms. The monoisotopic (exact) mass is 276 g/mol. The van der Waals surface area contributed by atoms with Crippen LogP contribution in [0.3, 0.4) is 0 Å². The van der Waals surface area contributed by atoms with E-state index in [0.717, 1.165) is 23.4 Å². The van der Waals surface area contributed by atoms with E-state index in [-0.39, 0.29) is 0 Å². The van der Waals surface area contributed by atoms with E-state index in [2.05, 4.69) is 35.7 Å². The summed E-state index contributed by atoms with van der Waals surface area (Å²) in [7, 11) is 0. The van der Waals surface area contributed by atoms with Crippen LogP contribution in [0.5, 0.6) is 0 Å². The van der Waals surface area contributed by atoms with Crippen LogP contribution in [0, 0.1) is 18.3 Å². The summed E-state index contributed by atoms with van der Waals surface area (Å²) in [4.78, 5) is 0. The lowest BCUT2D eigenvalue weighted by Crippen LogP contribution is -2.18. The number of nitriles is 1. The number of fused-ring (bicyclic) bond motifs is 1. The highest BCUT2D eigenvalue weighted by Crippen LogP contribution is 2.32. The van der Waals surface area contributed by atoms with Crippen molar-refractivity contribution in [1.29, 1.82) is 5.26 Å². The van der Waals surface area contributed by atoms with Crippen molar-refractivity contribution >= 4 is 5.69 Å². The molecule has 0 fully saturated rings. The lowest BCUT2D eigenvalue weighted by atomic mass is 9.83. The fourth-order valence-corrected chi connectivity index (χ4v) is 3.26. The molecule has 2 nitrogen and oxygen atoms in total. The molecule has 0 amide bonds. The highest BCUT2D eigenvalue weighted by molar-refractivity contribution is 5.60. The molecule has 1 N–H and O–H groups in total. The van der Waals surface area contributed by atoms with Gasteiger partial charge in [0.15, 0.2) is 0 Å². The third kappa shape index (κ3) is 2.78. The van der Waals surface area contributed by atoms with Crippen molar-refractivity contribution in [3.63, 3.8) is 0 Å². The minimum atomic E-state index is 0.544. The second-order valence-corrected chi connectivity index (χ2v) is 5.78. The third-order valence-electron chi connectivity index (χ3n) is 4.42. The molecular formula is C19H20N2. The summed E-state index contributed by atoms with van der Waals surface area (Å²) in [5.41, 5.74) is 5.72. The van der Waals surface area contributed by atoms with E-state index < -0.39 is 0 Å². The van der Waals surface area contributed by atoms with Crippen molar-refractivity contribution in [3.8, 4) is 6.07 Å². The Labute approximate surface area is 126 Å². The van der Waals surface area contributed by atoms with Gasteiger partial charge in [-0.05, 0) is 48.9 Å². The quantitative estimate of drug-likeness (QED) is 0.902. The van der Waals surface area contributed by atoms with Crippen LogP contribution in [-0.2, 0) is 6.42 Å². The molecule has 1 aliphatic carbocycles. The van der Waals surface area contributed by atoms with Gasteiger partial charge in [0.25, 0.3) is 0 Å². The van der Waals surface area contributed by atoms with Crippen LogP contribution in [0.2, 0.25) is 0 Å². The van der Waals surface area contributed by atoms with Gasteiger partial charge in [-0.3, -0.25) is 0 Å². The summed E-state index contributed by atoms with van der Waals surface area (Å²) >= 11 is 0. The third-order valence-corrected chi connectivity index (χ3v) is 4.42. The van der Waals surface area contributed by atoms with Crippen LogP contribution in [-0.4, -0.2) is 6.54 Å². The SMILES string of the molecule is Cc1cccc(NCC2CCCc3ccccc32)c1C#N. The number of nitrogens with one attached hydrogen (secondary N) is 1. The van der Waals surface area contributed by atoms with Gasteiger partial charge in [-0.15, -0.1) is 0 Å². The Morgan fingerprint density at radius 1 is 1.19 bits per heavy atom. The van der Waals surface area contributed by atoms with E-state index in [1.807, 2.05) is 25.1 Å². The Morgan fingerprint density at radius 3 is 2.90 bits per heavy atom. The number of rotatable bonds is 3. The maximum atomic E-state index is 9.30.